The van der Waals surface area contributed by atoms with Gasteiger partial charge in [-0.1, -0.05) is 0 Å². The summed E-state index contributed by atoms with van der Waals surface area (Å²) < 4.78 is 9.35. The maximum atomic E-state index is 11.5. The monoisotopic (exact) mass is 402 g/mol. The summed E-state index contributed by atoms with van der Waals surface area (Å²) in [5.41, 5.74) is -0.0826. The van der Waals surface area contributed by atoms with Gasteiger partial charge in [0, 0.05) is 54.3 Å². The molecule has 0 amide bonds. The number of hydrogen-bond acceptors (Lipinski definition) is 8. The maximum Gasteiger partial charge on any atom is 0.341 e. The van der Waals surface area contributed by atoms with Gasteiger partial charge < -0.3 is 29.5 Å². The van der Waals surface area contributed by atoms with Crippen molar-refractivity contribution in [3.63, 3.8) is 0 Å². The van der Waals surface area contributed by atoms with Crippen molar-refractivity contribution in [2.45, 2.75) is 20.0 Å². The molecule has 0 rings (SSSR count). The molecule has 10 nitrogen and oxygen atoms in total. The van der Waals surface area contributed by atoms with E-state index in [9.17, 15) is 19.2 Å². The van der Waals surface area contributed by atoms with E-state index in [0.717, 1.165) is 0 Å². The van der Waals surface area contributed by atoms with Gasteiger partial charge in [0.05, 0.1) is 0 Å². The molecule has 0 saturated carbocycles. The number of carboxylic acid groups (broad SMARTS) is 2. The molecule has 2 N–H and O–H groups in total. The van der Waals surface area contributed by atoms with Gasteiger partial charge in [0.2, 0.25) is 0 Å². The Bertz CT molecular complexity index is 635. The second kappa shape index (κ2) is 13.4. The molecule has 1 atom stereocenters. The number of aliphatic carboxylic acids is 2. The number of carboxylic acids is 2. The van der Waals surface area contributed by atoms with Crippen LogP contribution in [-0.2, 0) is 28.7 Å². The number of hydrogen-bond donors (Lipinski definition) is 2. The van der Waals surface area contributed by atoms with Crippen molar-refractivity contribution in [2.75, 3.05) is 49.0 Å². The van der Waals surface area contributed by atoms with Crippen LogP contribution in [0.4, 0.5) is 0 Å². The lowest BCUT2D eigenvalue weighted by Gasteiger charge is -2.15. The first-order valence-corrected chi connectivity index (χ1v) is 8.13. The number of carbonyl (C=O) groups is 4. The molecular formula is C18H30N2O8. The molecule has 160 valence electrons. The molecular weight excluding hydrogens is 372 g/mol. The number of methoxy groups -OCH3 is 2. The van der Waals surface area contributed by atoms with Gasteiger partial charge in [-0.2, -0.15) is 0 Å². The molecule has 0 aliphatic rings. The molecule has 0 heterocycles. The highest BCUT2D eigenvalue weighted by molar-refractivity contribution is 6.18. The Balaban J connectivity index is 0. The molecule has 0 spiro atoms. The van der Waals surface area contributed by atoms with E-state index >= 15 is 0 Å². The number of carbonyl (C=O) groups excluding carboxylic acids is 2. The first kappa shape index (κ1) is 27.5. The fourth-order valence-corrected chi connectivity index (χ4v) is 1.71. The van der Waals surface area contributed by atoms with Crippen molar-refractivity contribution in [3.05, 3.63) is 23.0 Å². The Kier molecular flexibility index (Phi) is 13.2. The zero-order chi connectivity index (χ0) is 22.6. The van der Waals surface area contributed by atoms with Crippen molar-refractivity contribution in [1.29, 1.82) is 0 Å². The normalized spacial score (nSPS) is 12.8. The van der Waals surface area contributed by atoms with E-state index in [2.05, 4.69) is 4.74 Å². The van der Waals surface area contributed by atoms with Crippen molar-refractivity contribution in [3.8, 4) is 0 Å². The Morgan fingerprint density at radius 1 is 1.00 bits per heavy atom. The van der Waals surface area contributed by atoms with Crippen LogP contribution in [0.3, 0.4) is 0 Å². The third-order valence-electron chi connectivity index (χ3n) is 3.41. The number of rotatable bonds is 10. The van der Waals surface area contributed by atoms with Crippen LogP contribution in [0, 0.1) is 0 Å². The topological polar surface area (TPSA) is 134 Å². The molecule has 0 aromatic carbocycles. The summed E-state index contributed by atoms with van der Waals surface area (Å²) in [6, 6.07) is 0. The minimum absolute atomic E-state index is 0.215. The quantitative estimate of drug-likeness (QED) is 0.297. The Morgan fingerprint density at radius 2 is 1.50 bits per heavy atom. The Labute approximate surface area is 165 Å². The number of ketones is 2. The van der Waals surface area contributed by atoms with Crippen LogP contribution in [-0.4, -0.2) is 98.6 Å². The summed E-state index contributed by atoms with van der Waals surface area (Å²) in [4.78, 5) is 47.4. The number of ether oxygens (including phenoxy) is 2. The van der Waals surface area contributed by atoms with Gasteiger partial charge in [-0.05, 0) is 13.8 Å². The minimum Gasteiger partial charge on any atom is -0.478 e. The summed E-state index contributed by atoms with van der Waals surface area (Å²) in [7, 11) is 9.36. The second-order valence-electron chi connectivity index (χ2n) is 6.07. The van der Waals surface area contributed by atoms with Crippen molar-refractivity contribution in [2.24, 2.45) is 0 Å². The van der Waals surface area contributed by atoms with E-state index in [-0.39, 0.29) is 17.8 Å². The summed E-state index contributed by atoms with van der Waals surface area (Å²) in [6.07, 6.45) is 0.525. The van der Waals surface area contributed by atoms with Crippen LogP contribution in [0.2, 0.25) is 0 Å². The first-order valence-electron chi connectivity index (χ1n) is 8.13. The highest BCUT2D eigenvalue weighted by Crippen LogP contribution is 2.08. The molecule has 0 bridgehead atoms. The largest absolute Gasteiger partial charge is 0.478 e. The minimum atomic E-state index is -1.24. The molecule has 0 aromatic heterocycles. The van der Waals surface area contributed by atoms with E-state index in [1.165, 1.54) is 32.2 Å². The van der Waals surface area contributed by atoms with Crippen LogP contribution in [0.1, 0.15) is 13.8 Å². The Hall–Kier alpha value is -2.72. The van der Waals surface area contributed by atoms with Gasteiger partial charge in [-0.3, -0.25) is 9.59 Å². The van der Waals surface area contributed by atoms with E-state index in [0.29, 0.717) is 5.70 Å². The molecule has 0 aliphatic heterocycles. The van der Waals surface area contributed by atoms with Gasteiger partial charge in [0.25, 0.3) is 0 Å². The van der Waals surface area contributed by atoms with Gasteiger partial charge in [-0.15, -0.1) is 0 Å². The maximum absolute atomic E-state index is 11.5. The van der Waals surface area contributed by atoms with Crippen molar-refractivity contribution < 1.29 is 38.9 Å². The molecule has 28 heavy (non-hydrogen) atoms. The first-order chi connectivity index (χ1) is 12.8. The van der Waals surface area contributed by atoms with Crippen molar-refractivity contribution >= 4 is 23.5 Å². The zero-order valence-electron chi connectivity index (χ0n) is 17.6. The lowest BCUT2D eigenvalue weighted by Crippen LogP contribution is -2.26. The molecule has 10 heteroatoms. The molecule has 0 saturated heterocycles. The van der Waals surface area contributed by atoms with Gasteiger partial charge >= 0.3 is 11.9 Å². The fourth-order valence-electron chi connectivity index (χ4n) is 1.71. The van der Waals surface area contributed by atoms with Crippen LogP contribution in [0.25, 0.3) is 0 Å². The number of Topliss-reactive ketones (excluding diaryl/α,β-unsaturated/α-hetero) is 2. The Morgan fingerprint density at radius 3 is 1.79 bits per heavy atom. The van der Waals surface area contributed by atoms with E-state index < -0.39 is 29.6 Å². The highest BCUT2D eigenvalue weighted by Gasteiger charge is 2.23. The van der Waals surface area contributed by atoms with E-state index in [1.54, 1.807) is 40.0 Å². The SMILES string of the molecule is COC(C)C(=O)C(=CN(C)C)C(=O)O.COCC(=O)C(C(=O)O)=C(C)N(C)C. The molecule has 0 radical (unpaired) electrons. The molecule has 0 aliphatic carbocycles. The molecule has 0 fully saturated rings. The lowest BCUT2D eigenvalue weighted by atomic mass is 10.1. The third-order valence-corrected chi connectivity index (χ3v) is 3.41. The average molecular weight is 402 g/mol. The summed E-state index contributed by atoms with van der Waals surface area (Å²) in [5, 5.41) is 17.6. The third kappa shape index (κ3) is 9.83. The highest BCUT2D eigenvalue weighted by atomic mass is 16.5. The van der Waals surface area contributed by atoms with E-state index in [4.69, 9.17) is 14.9 Å². The molecule has 1 unspecified atom stereocenters. The summed E-state index contributed by atoms with van der Waals surface area (Å²) >= 11 is 0. The fraction of sp³-hybridized carbons (Fsp3) is 0.556. The number of allylic oxidation sites excluding steroid dienone is 1. The van der Waals surface area contributed by atoms with Gasteiger partial charge in [-0.25, -0.2) is 9.59 Å². The average Bonchev–Trinajstić information content (AvgIpc) is 2.58. The second-order valence-corrected chi connectivity index (χ2v) is 6.07. The van der Waals surface area contributed by atoms with Crippen LogP contribution < -0.4 is 0 Å². The molecule has 0 aromatic rings. The summed E-state index contributed by atoms with van der Waals surface area (Å²) in [6.45, 7) is 2.87. The van der Waals surface area contributed by atoms with Crippen LogP contribution in [0.5, 0.6) is 0 Å². The van der Waals surface area contributed by atoms with E-state index in [1.807, 2.05) is 0 Å². The van der Waals surface area contributed by atoms with Gasteiger partial charge in [0.1, 0.15) is 23.9 Å². The standard InChI is InChI=1S/2C9H15NO4/c1-6(10(2)3)8(9(12)13)7(11)5-14-4;1-6(14-4)8(11)7(9(12)13)5-10(2)3/h5H2,1-4H3,(H,12,13);5-6H,1-4H3,(H,12,13). The van der Waals surface area contributed by atoms with Crippen molar-refractivity contribution in [1.82, 2.24) is 9.80 Å². The number of nitrogens with zero attached hydrogens (tertiary/aromatic N) is 2. The summed E-state index contributed by atoms with van der Waals surface area (Å²) in [5.74, 6) is -3.52. The van der Waals surface area contributed by atoms with Gasteiger partial charge in [0.15, 0.2) is 11.6 Å². The van der Waals surface area contributed by atoms with Crippen LogP contribution >= 0.6 is 0 Å². The lowest BCUT2D eigenvalue weighted by molar-refractivity contribution is -0.137. The van der Waals surface area contributed by atoms with Crippen LogP contribution in [0.15, 0.2) is 23.0 Å². The predicted molar refractivity (Wildman–Crippen MR) is 102 cm³/mol. The smallest absolute Gasteiger partial charge is 0.341 e. The zero-order valence-corrected chi connectivity index (χ0v) is 17.6. The predicted octanol–water partition coefficient (Wildman–Crippen LogP) is 0.243.